The standard InChI is InChI=1S/C10H22N2O2S/c1-3-9(11)4-6-12-10(2)5-7-15(13,14)8-10/h9,12H,3-8,11H2,1-2H3. The SMILES string of the molecule is CCC(N)CCNC1(C)CCS(=O)(=O)C1. The molecule has 0 aromatic rings. The number of sulfone groups is 1. The lowest BCUT2D eigenvalue weighted by molar-refractivity contribution is 0.384. The maximum Gasteiger partial charge on any atom is 0.152 e. The summed E-state index contributed by atoms with van der Waals surface area (Å²) in [6, 6.07) is 0.221. The summed E-state index contributed by atoms with van der Waals surface area (Å²) in [6.07, 6.45) is 2.60. The minimum Gasteiger partial charge on any atom is -0.328 e. The summed E-state index contributed by atoms with van der Waals surface area (Å²) in [7, 11) is -2.80. The van der Waals surface area contributed by atoms with E-state index >= 15 is 0 Å². The van der Waals surface area contributed by atoms with E-state index in [0.717, 1.165) is 25.8 Å². The molecular formula is C10H22N2O2S. The minimum absolute atomic E-state index is 0.221. The third kappa shape index (κ3) is 4.09. The molecule has 15 heavy (non-hydrogen) atoms. The van der Waals surface area contributed by atoms with E-state index in [1.165, 1.54) is 0 Å². The normalized spacial score (nSPS) is 31.7. The van der Waals surface area contributed by atoms with Crippen molar-refractivity contribution in [1.82, 2.24) is 5.32 Å². The zero-order chi connectivity index (χ0) is 11.5. The van der Waals surface area contributed by atoms with E-state index in [1.807, 2.05) is 6.92 Å². The molecule has 3 N–H and O–H groups in total. The zero-order valence-electron chi connectivity index (χ0n) is 9.62. The fourth-order valence-electron chi connectivity index (χ4n) is 1.91. The molecule has 1 heterocycles. The first-order valence-corrected chi connectivity index (χ1v) is 7.40. The van der Waals surface area contributed by atoms with Gasteiger partial charge in [0, 0.05) is 11.6 Å². The van der Waals surface area contributed by atoms with Gasteiger partial charge in [-0.15, -0.1) is 0 Å². The van der Waals surface area contributed by atoms with Gasteiger partial charge in [-0.05, 0) is 32.7 Å². The van der Waals surface area contributed by atoms with Crippen LogP contribution in [0.3, 0.4) is 0 Å². The second-order valence-corrected chi connectivity index (χ2v) is 6.97. The van der Waals surface area contributed by atoms with Crippen molar-refractivity contribution >= 4 is 9.84 Å². The Bertz CT molecular complexity index is 303. The highest BCUT2D eigenvalue weighted by molar-refractivity contribution is 7.91. The molecule has 1 aliphatic heterocycles. The molecule has 1 fully saturated rings. The maximum atomic E-state index is 11.3. The monoisotopic (exact) mass is 234 g/mol. The number of rotatable bonds is 5. The molecule has 0 bridgehead atoms. The summed E-state index contributed by atoms with van der Waals surface area (Å²) in [5, 5.41) is 3.32. The molecule has 1 saturated heterocycles. The van der Waals surface area contributed by atoms with Crippen molar-refractivity contribution in [2.75, 3.05) is 18.1 Å². The van der Waals surface area contributed by atoms with Crippen molar-refractivity contribution < 1.29 is 8.42 Å². The van der Waals surface area contributed by atoms with Crippen LogP contribution in [0.15, 0.2) is 0 Å². The van der Waals surface area contributed by atoms with Gasteiger partial charge in [0.25, 0.3) is 0 Å². The summed E-state index contributed by atoms with van der Waals surface area (Å²) in [4.78, 5) is 0. The zero-order valence-corrected chi connectivity index (χ0v) is 10.4. The van der Waals surface area contributed by atoms with Crippen molar-refractivity contribution in [2.45, 2.75) is 44.7 Å². The van der Waals surface area contributed by atoms with Gasteiger partial charge in [-0.3, -0.25) is 0 Å². The molecule has 0 aromatic carbocycles. The molecule has 2 unspecified atom stereocenters. The van der Waals surface area contributed by atoms with E-state index in [9.17, 15) is 8.42 Å². The van der Waals surface area contributed by atoms with E-state index in [2.05, 4.69) is 12.2 Å². The molecule has 0 amide bonds. The van der Waals surface area contributed by atoms with Crippen LogP contribution in [0, 0.1) is 0 Å². The van der Waals surface area contributed by atoms with Crippen LogP contribution in [-0.2, 0) is 9.84 Å². The number of hydrogen-bond acceptors (Lipinski definition) is 4. The Kier molecular flexibility index (Phi) is 4.14. The van der Waals surface area contributed by atoms with Crippen LogP contribution in [0.5, 0.6) is 0 Å². The highest BCUT2D eigenvalue weighted by Crippen LogP contribution is 2.22. The topological polar surface area (TPSA) is 72.2 Å². The third-order valence-electron chi connectivity index (χ3n) is 3.09. The van der Waals surface area contributed by atoms with E-state index < -0.39 is 9.84 Å². The Balaban J connectivity index is 2.33. The van der Waals surface area contributed by atoms with Crippen molar-refractivity contribution in [3.05, 3.63) is 0 Å². The minimum atomic E-state index is -2.80. The average molecular weight is 234 g/mol. The van der Waals surface area contributed by atoms with Crippen molar-refractivity contribution in [3.8, 4) is 0 Å². The lowest BCUT2D eigenvalue weighted by Crippen LogP contribution is -2.45. The van der Waals surface area contributed by atoms with Gasteiger partial charge in [0.1, 0.15) is 0 Å². The van der Waals surface area contributed by atoms with E-state index in [4.69, 9.17) is 5.73 Å². The Labute approximate surface area is 92.5 Å². The van der Waals surface area contributed by atoms with Crippen molar-refractivity contribution in [3.63, 3.8) is 0 Å². The number of nitrogens with two attached hydrogens (primary N) is 1. The summed E-state index contributed by atoms with van der Waals surface area (Å²) in [5.41, 5.74) is 5.57. The first-order chi connectivity index (χ1) is 6.87. The van der Waals surface area contributed by atoms with Gasteiger partial charge in [0.15, 0.2) is 9.84 Å². The molecule has 1 aliphatic rings. The fraction of sp³-hybridized carbons (Fsp3) is 1.00. The van der Waals surface area contributed by atoms with Crippen LogP contribution < -0.4 is 11.1 Å². The van der Waals surface area contributed by atoms with E-state index in [1.54, 1.807) is 0 Å². The summed E-state index contributed by atoms with van der Waals surface area (Å²) >= 11 is 0. The molecule has 90 valence electrons. The molecule has 0 aromatic heterocycles. The van der Waals surface area contributed by atoms with Crippen LogP contribution in [0.25, 0.3) is 0 Å². The quantitative estimate of drug-likeness (QED) is 0.717. The van der Waals surface area contributed by atoms with Crippen molar-refractivity contribution in [2.24, 2.45) is 5.73 Å². The lowest BCUT2D eigenvalue weighted by atomic mass is 10.0. The van der Waals surface area contributed by atoms with Gasteiger partial charge in [-0.25, -0.2) is 8.42 Å². The summed E-state index contributed by atoms with van der Waals surface area (Å²) in [6.45, 7) is 4.85. The van der Waals surface area contributed by atoms with Gasteiger partial charge in [0.2, 0.25) is 0 Å². The van der Waals surface area contributed by atoms with E-state index in [0.29, 0.717) is 5.75 Å². The molecule has 4 nitrogen and oxygen atoms in total. The van der Waals surface area contributed by atoms with Crippen LogP contribution in [-0.4, -0.2) is 38.0 Å². The lowest BCUT2D eigenvalue weighted by Gasteiger charge is -2.24. The first kappa shape index (κ1) is 12.9. The van der Waals surface area contributed by atoms with Gasteiger partial charge in [0.05, 0.1) is 11.5 Å². The van der Waals surface area contributed by atoms with Crippen molar-refractivity contribution in [1.29, 1.82) is 0 Å². The maximum absolute atomic E-state index is 11.3. The second kappa shape index (κ2) is 4.80. The largest absolute Gasteiger partial charge is 0.328 e. The summed E-state index contributed by atoms with van der Waals surface area (Å²) in [5.74, 6) is 0.581. The van der Waals surface area contributed by atoms with E-state index in [-0.39, 0.29) is 17.3 Å². The van der Waals surface area contributed by atoms with Gasteiger partial charge in [-0.1, -0.05) is 6.92 Å². The average Bonchev–Trinajstić information content (AvgIpc) is 2.41. The Morgan fingerprint density at radius 3 is 2.67 bits per heavy atom. The molecular weight excluding hydrogens is 212 g/mol. The Hall–Kier alpha value is -0.130. The smallest absolute Gasteiger partial charge is 0.152 e. The number of nitrogens with one attached hydrogen (secondary N) is 1. The Morgan fingerprint density at radius 1 is 1.53 bits per heavy atom. The van der Waals surface area contributed by atoms with Crippen LogP contribution in [0.4, 0.5) is 0 Å². The van der Waals surface area contributed by atoms with Gasteiger partial charge in [-0.2, -0.15) is 0 Å². The fourth-order valence-corrected chi connectivity index (χ4v) is 4.04. The molecule has 0 saturated carbocycles. The predicted molar refractivity (Wildman–Crippen MR) is 62.6 cm³/mol. The predicted octanol–water partition coefficient (Wildman–Crippen LogP) is 0.281. The molecule has 0 radical (unpaired) electrons. The summed E-state index contributed by atoms with van der Waals surface area (Å²) < 4.78 is 22.7. The number of hydrogen-bond donors (Lipinski definition) is 2. The van der Waals surface area contributed by atoms with Crippen LogP contribution in [0.2, 0.25) is 0 Å². The molecule has 1 rings (SSSR count). The van der Waals surface area contributed by atoms with Crippen LogP contribution in [0.1, 0.15) is 33.1 Å². The highest BCUT2D eigenvalue weighted by Gasteiger charge is 2.37. The highest BCUT2D eigenvalue weighted by atomic mass is 32.2. The molecule has 0 aliphatic carbocycles. The van der Waals surface area contributed by atoms with Gasteiger partial charge >= 0.3 is 0 Å². The third-order valence-corrected chi connectivity index (χ3v) is 5.00. The molecule has 0 spiro atoms. The van der Waals surface area contributed by atoms with Crippen LogP contribution >= 0.6 is 0 Å². The second-order valence-electron chi connectivity index (χ2n) is 4.79. The van der Waals surface area contributed by atoms with Gasteiger partial charge < -0.3 is 11.1 Å². The molecule has 5 heteroatoms. The Morgan fingerprint density at radius 2 is 2.20 bits per heavy atom. The molecule has 2 atom stereocenters. The first-order valence-electron chi connectivity index (χ1n) is 5.58.